The van der Waals surface area contributed by atoms with Crippen LogP contribution in [0.4, 0.5) is 10.1 Å². The third kappa shape index (κ3) is 3.64. The zero-order valence-corrected chi connectivity index (χ0v) is 10.7. The van der Waals surface area contributed by atoms with Crippen LogP contribution >= 0.6 is 0 Å². The second kappa shape index (κ2) is 5.62. The summed E-state index contributed by atoms with van der Waals surface area (Å²) in [5, 5.41) is 3.18. The lowest BCUT2D eigenvalue weighted by molar-refractivity contribution is 0.402. The number of nitrogens with zero attached hydrogens (tertiary/aromatic N) is 1. The predicted octanol–water partition coefficient (Wildman–Crippen LogP) is 0.962. The Morgan fingerprint density at radius 3 is 2.83 bits per heavy atom. The molecule has 18 heavy (non-hydrogen) atoms. The van der Waals surface area contributed by atoms with Crippen LogP contribution in [0.15, 0.2) is 18.5 Å². The van der Waals surface area contributed by atoms with E-state index in [0.717, 1.165) is 32.1 Å². The van der Waals surface area contributed by atoms with E-state index in [0.29, 0.717) is 0 Å². The molecule has 0 spiro atoms. The van der Waals surface area contributed by atoms with Crippen molar-refractivity contribution in [1.82, 2.24) is 10.3 Å². The molecule has 2 rings (SSSR count). The quantitative estimate of drug-likeness (QED) is 0.857. The fourth-order valence-corrected chi connectivity index (χ4v) is 3.56. The van der Waals surface area contributed by atoms with Crippen LogP contribution in [-0.2, 0) is 10.0 Å². The van der Waals surface area contributed by atoms with Gasteiger partial charge < -0.3 is 5.32 Å². The Bertz CT molecular complexity index is 501. The molecule has 7 heteroatoms. The SMILES string of the molecule is O=S(=O)(CC1CCNCC1)Nc1ccncc1F. The summed E-state index contributed by atoms with van der Waals surface area (Å²) in [7, 11) is -3.50. The van der Waals surface area contributed by atoms with Crippen LogP contribution in [0.5, 0.6) is 0 Å². The molecular weight excluding hydrogens is 257 g/mol. The first-order valence-electron chi connectivity index (χ1n) is 5.87. The molecule has 2 heterocycles. The Hall–Kier alpha value is -1.21. The second-order valence-corrected chi connectivity index (χ2v) is 6.20. The molecule has 100 valence electrons. The van der Waals surface area contributed by atoms with Crippen molar-refractivity contribution in [3.8, 4) is 0 Å². The topological polar surface area (TPSA) is 71.1 Å². The van der Waals surface area contributed by atoms with Crippen molar-refractivity contribution in [2.75, 3.05) is 23.6 Å². The van der Waals surface area contributed by atoms with Gasteiger partial charge in [-0.1, -0.05) is 0 Å². The normalized spacial score (nSPS) is 17.6. The van der Waals surface area contributed by atoms with Gasteiger partial charge in [0.05, 0.1) is 17.6 Å². The number of sulfonamides is 1. The van der Waals surface area contributed by atoms with Gasteiger partial charge >= 0.3 is 0 Å². The van der Waals surface area contributed by atoms with E-state index in [1.54, 1.807) is 0 Å². The zero-order valence-electron chi connectivity index (χ0n) is 9.89. The van der Waals surface area contributed by atoms with E-state index in [1.165, 1.54) is 12.3 Å². The van der Waals surface area contributed by atoms with E-state index in [1.807, 2.05) is 0 Å². The Morgan fingerprint density at radius 1 is 1.44 bits per heavy atom. The van der Waals surface area contributed by atoms with Crippen molar-refractivity contribution in [2.45, 2.75) is 12.8 Å². The minimum absolute atomic E-state index is 0.0381. The Labute approximate surface area is 106 Å². The summed E-state index contributed by atoms with van der Waals surface area (Å²) >= 11 is 0. The van der Waals surface area contributed by atoms with Crippen molar-refractivity contribution in [1.29, 1.82) is 0 Å². The number of hydrogen-bond acceptors (Lipinski definition) is 4. The van der Waals surface area contributed by atoms with Crippen molar-refractivity contribution >= 4 is 15.7 Å². The van der Waals surface area contributed by atoms with Gasteiger partial charge in [0.2, 0.25) is 10.0 Å². The van der Waals surface area contributed by atoms with Gasteiger partial charge in [-0.25, -0.2) is 12.8 Å². The van der Waals surface area contributed by atoms with Crippen molar-refractivity contribution in [3.05, 3.63) is 24.3 Å². The minimum atomic E-state index is -3.50. The van der Waals surface area contributed by atoms with Crippen LogP contribution in [0.25, 0.3) is 0 Å². The maximum Gasteiger partial charge on any atom is 0.233 e. The highest BCUT2D eigenvalue weighted by Crippen LogP contribution is 2.18. The number of nitrogens with one attached hydrogen (secondary N) is 2. The molecule has 0 radical (unpaired) electrons. The van der Waals surface area contributed by atoms with E-state index in [4.69, 9.17) is 0 Å². The summed E-state index contributed by atoms with van der Waals surface area (Å²) < 4.78 is 39.4. The van der Waals surface area contributed by atoms with Crippen LogP contribution in [-0.4, -0.2) is 32.2 Å². The van der Waals surface area contributed by atoms with Crippen LogP contribution in [0.3, 0.4) is 0 Å². The number of rotatable bonds is 4. The Balaban J connectivity index is 2.01. The third-order valence-electron chi connectivity index (χ3n) is 2.95. The average molecular weight is 273 g/mol. The summed E-state index contributed by atoms with van der Waals surface area (Å²) in [6.45, 7) is 1.67. The van der Waals surface area contributed by atoms with Gasteiger partial charge in [-0.2, -0.15) is 0 Å². The minimum Gasteiger partial charge on any atom is -0.317 e. The molecule has 1 aromatic heterocycles. The van der Waals surface area contributed by atoms with E-state index < -0.39 is 15.8 Å². The first-order valence-corrected chi connectivity index (χ1v) is 7.53. The number of hydrogen-bond donors (Lipinski definition) is 2. The molecule has 0 bridgehead atoms. The molecule has 0 atom stereocenters. The number of piperidine rings is 1. The monoisotopic (exact) mass is 273 g/mol. The largest absolute Gasteiger partial charge is 0.317 e. The van der Waals surface area contributed by atoms with Gasteiger partial charge in [0.25, 0.3) is 0 Å². The summed E-state index contributed by atoms with van der Waals surface area (Å²) in [5.41, 5.74) is -0.0427. The van der Waals surface area contributed by atoms with Gasteiger partial charge in [0, 0.05) is 6.20 Å². The Morgan fingerprint density at radius 2 is 2.17 bits per heavy atom. The molecule has 5 nitrogen and oxygen atoms in total. The van der Waals surface area contributed by atoms with E-state index in [9.17, 15) is 12.8 Å². The molecule has 1 aliphatic heterocycles. The molecule has 1 saturated heterocycles. The summed E-state index contributed by atoms with van der Waals surface area (Å²) in [6, 6.07) is 1.31. The van der Waals surface area contributed by atoms with E-state index in [-0.39, 0.29) is 17.4 Å². The molecule has 1 aliphatic rings. The average Bonchev–Trinajstić information content (AvgIpc) is 2.32. The fraction of sp³-hybridized carbons (Fsp3) is 0.545. The summed E-state index contributed by atoms with van der Waals surface area (Å²) in [4.78, 5) is 3.57. The van der Waals surface area contributed by atoms with Crippen molar-refractivity contribution in [3.63, 3.8) is 0 Å². The van der Waals surface area contributed by atoms with Crippen LogP contribution in [0.1, 0.15) is 12.8 Å². The predicted molar refractivity (Wildman–Crippen MR) is 67.2 cm³/mol. The second-order valence-electron chi connectivity index (χ2n) is 4.43. The number of pyridine rings is 1. The molecular formula is C11H16FN3O2S. The smallest absolute Gasteiger partial charge is 0.233 e. The van der Waals surface area contributed by atoms with E-state index in [2.05, 4.69) is 15.0 Å². The molecule has 1 fully saturated rings. The summed E-state index contributed by atoms with van der Waals surface area (Å²) in [5.74, 6) is -0.490. The number of anilines is 1. The fourth-order valence-electron chi connectivity index (χ4n) is 2.03. The highest BCUT2D eigenvalue weighted by molar-refractivity contribution is 7.92. The van der Waals surface area contributed by atoms with Crippen LogP contribution in [0.2, 0.25) is 0 Å². The molecule has 0 unspecified atom stereocenters. The van der Waals surface area contributed by atoms with E-state index >= 15 is 0 Å². The van der Waals surface area contributed by atoms with Crippen LogP contribution < -0.4 is 10.0 Å². The van der Waals surface area contributed by atoms with Crippen molar-refractivity contribution in [2.24, 2.45) is 5.92 Å². The van der Waals surface area contributed by atoms with Gasteiger partial charge in [-0.15, -0.1) is 0 Å². The first kappa shape index (κ1) is 13.2. The summed E-state index contributed by atoms with van der Waals surface area (Å²) in [6.07, 6.45) is 4.01. The van der Waals surface area contributed by atoms with Gasteiger partial charge in [-0.05, 0) is 37.9 Å². The van der Waals surface area contributed by atoms with Crippen molar-refractivity contribution < 1.29 is 12.8 Å². The third-order valence-corrected chi connectivity index (χ3v) is 4.39. The molecule has 2 N–H and O–H groups in total. The maximum absolute atomic E-state index is 13.3. The molecule has 1 aromatic rings. The Kier molecular flexibility index (Phi) is 4.13. The first-order chi connectivity index (χ1) is 8.57. The van der Waals surface area contributed by atoms with Gasteiger partial charge in [-0.3, -0.25) is 9.71 Å². The lowest BCUT2D eigenvalue weighted by Gasteiger charge is -2.22. The number of halogens is 1. The maximum atomic E-state index is 13.3. The highest BCUT2D eigenvalue weighted by Gasteiger charge is 2.21. The molecule has 0 amide bonds. The number of aromatic nitrogens is 1. The molecule has 0 saturated carbocycles. The highest BCUT2D eigenvalue weighted by atomic mass is 32.2. The van der Waals surface area contributed by atoms with Gasteiger partial charge in [0.15, 0.2) is 5.82 Å². The standard InChI is InChI=1S/C11H16FN3O2S/c12-10-7-14-6-3-11(10)15-18(16,17)8-9-1-4-13-5-2-9/h3,6-7,9,13H,1-2,4-5,8H2,(H,14,15). The molecule has 0 aliphatic carbocycles. The zero-order chi connectivity index (χ0) is 13.0. The van der Waals surface area contributed by atoms with Crippen LogP contribution in [0, 0.1) is 11.7 Å². The molecule has 0 aromatic carbocycles. The lowest BCUT2D eigenvalue weighted by atomic mass is 10.0. The van der Waals surface area contributed by atoms with Gasteiger partial charge in [0.1, 0.15) is 0 Å². The lowest BCUT2D eigenvalue weighted by Crippen LogP contribution is -2.33.